The minimum absolute atomic E-state index is 0.193. The van der Waals surface area contributed by atoms with Crippen molar-refractivity contribution in [2.24, 2.45) is 11.7 Å². The molecule has 2 rings (SSSR count). The van der Waals surface area contributed by atoms with Crippen LogP contribution in [-0.2, 0) is 9.53 Å². The Kier molecular flexibility index (Phi) is 4.05. The molecule has 0 bridgehead atoms. The molecule has 1 saturated heterocycles. The Morgan fingerprint density at radius 3 is 2.59 bits per heavy atom. The van der Waals surface area contributed by atoms with Crippen molar-refractivity contribution in [3.63, 3.8) is 0 Å². The number of hydrogen-bond acceptors (Lipinski definition) is 3. The summed E-state index contributed by atoms with van der Waals surface area (Å²) in [6.45, 7) is 2.54. The van der Waals surface area contributed by atoms with E-state index in [4.69, 9.17) is 10.5 Å². The SMILES string of the molecule is CN(CC1CCOCC1)C(=O)CC1(N)CCC1. The van der Waals surface area contributed by atoms with E-state index in [0.717, 1.165) is 45.4 Å². The van der Waals surface area contributed by atoms with Crippen LogP contribution in [-0.4, -0.2) is 43.2 Å². The predicted octanol–water partition coefficient (Wildman–Crippen LogP) is 1.14. The van der Waals surface area contributed by atoms with Gasteiger partial charge in [-0.3, -0.25) is 4.79 Å². The minimum atomic E-state index is -0.193. The van der Waals surface area contributed by atoms with Gasteiger partial charge in [-0.25, -0.2) is 0 Å². The van der Waals surface area contributed by atoms with Crippen molar-refractivity contribution in [2.75, 3.05) is 26.8 Å². The third kappa shape index (κ3) is 3.42. The molecular weight excluding hydrogens is 216 g/mol. The van der Waals surface area contributed by atoms with Crippen LogP contribution in [0.3, 0.4) is 0 Å². The van der Waals surface area contributed by atoms with Gasteiger partial charge in [-0.15, -0.1) is 0 Å². The molecule has 0 atom stereocenters. The van der Waals surface area contributed by atoms with Crippen LogP contribution in [0, 0.1) is 5.92 Å². The second-order valence-electron chi connectivity index (χ2n) is 5.72. The lowest BCUT2D eigenvalue weighted by Gasteiger charge is -2.39. The third-order valence-corrected chi connectivity index (χ3v) is 4.15. The van der Waals surface area contributed by atoms with Crippen molar-refractivity contribution in [3.8, 4) is 0 Å². The second kappa shape index (κ2) is 5.36. The summed E-state index contributed by atoms with van der Waals surface area (Å²) in [6, 6.07) is 0. The zero-order valence-corrected chi connectivity index (χ0v) is 10.8. The van der Waals surface area contributed by atoms with Gasteiger partial charge in [0.05, 0.1) is 0 Å². The number of amides is 1. The molecule has 17 heavy (non-hydrogen) atoms. The Labute approximate surface area is 103 Å². The molecule has 0 spiro atoms. The Morgan fingerprint density at radius 2 is 2.06 bits per heavy atom. The van der Waals surface area contributed by atoms with Crippen molar-refractivity contribution < 1.29 is 9.53 Å². The fourth-order valence-corrected chi connectivity index (χ4v) is 2.66. The van der Waals surface area contributed by atoms with E-state index < -0.39 is 0 Å². The first-order valence-electron chi connectivity index (χ1n) is 6.70. The Hall–Kier alpha value is -0.610. The summed E-state index contributed by atoms with van der Waals surface area (Å²) < 4.78 is 5.33. The van der Waals surface area contributed by atoms with Crippen LogP contribution in [0.1, 0.15) is 38.5 Å². The minimum Gasteiger partial charge on any atom is -0.381 e. The molecule has 1 heterocycles. The molecule has 4 heteroatoms. The highest BCUT2D eigenvalue weighted by atomic mass is 16.5. The fourth-order valence-electron chi connectivity index (χ4n) is 2.66. The van der Waals surface area contributed by atoms with Crippen LogP contribution in [0.5, 0.6) is 0 Å². The van der Waals surface area contributed by atoms with Crippen LogP contribution >= 0.6 is 0 Å². The molecule has 98 valence electrons. The van der Waals surface area contributed by atoms with E-state index >= 15 is 0 Å². The largest absolute Gasteiger partial charge is 0.381 e. The molecule has 4 nitrogen and oxygen atoms in total. The number of nitrogens with two attached hydrogens (primary N) is 1. The van der Waals surface area contributed by atoms with Gasteiger partial charge in [0.2, 0.25) is 5.91 Å². The predicted molar refractivity (Wildman–Crippen MR) is 66.6 cm³/mol. The van der Waals surface area contributed by atoms with Crippen LogP contribution in [0.15, 0.2) is 0 Å². The second-order valence-corrected chi connectivity index (χ2v) is 5.72. The summed E-state index contributed by atoms with van der Waals surface area (Å²) >= 11 is 0. The summed E-state index contributed by atoms with van der Waals surface area (Å²) in [5.41, 5.74) is 5.91. The highest BCUT2D eigenvalue weighted by Crippen LogP contribution is 2.32. The number of rotatable bonds is 4. The molecule has 0 radical (unpaired) electrons. The first kappa shape index (κ1) is 12.8. The van der Waals surface area contributed by atoms with Crippen molar-refractivity contribution in [1.82, 2.24) is 4.90 Å². The third-order valence-electron chi connectivity index (χ3n) is 4.15. The average Bonchev–Trinajstić information content (AvgIpc) is 2.28. The fraction of sp³-hybridized carbons (Fsp3) is 0.923. The van der Waals surface area contributed by atoms with Crippen LogP contribution in [0.25, 0.3) is 0 Å². The van der Waals surface area contributed by atoms with Gasteiger partial charge in [-0.05, 0) is 38.0 Å². The normalized spacial score (nSPS) is 24.1. The van der Waals surface area contributed by atoms with Crippen molar-refractivity contribution in [2.45, 2.75) is 44.1 Å². The smallest absolute Gasteiger partial charge is 0.224 e. The molecule has 0 aromatic rings. The molecular formula is C13H24N2O2. The van der Waals surface area contributed by atoms with E-state index in [1.165, 1.54) is 6.42 Å². The number of ether oxygens (including phenoxy) is 1. The molecule has 2 fully saturated rings. The number of hydrogen-bond donors (Lipinski definition) is 1. The van der Waals surface area contributed by atoms with Crippen LogP contribution in [0.4, 0.5) is 0 Å². The summed E-state index contributed by atoms with van der Waals surface area (Å²) in [5, 5.41) is 0. The molecule has 2 aliphatic rings. The maximum absolute atomic E-state index is 12.0. The number of carbonyl (C=O) groups excluding carboxylic acids is 1. The van der Waals surface area contributed by atoms with Crippen molar-refractivity contribution in [1.29, 1.82) is 0 Å². The molecule has 2 N–H and O–H groups in total. The van der Waals surface area contributed by atoms with E-state index in [0.29, 0.717) is 12.3 Å². The van der Waals surface area contributed by atoms with Gasteiger partial charge in [0.15, 0.2) is 0 Å². The first-order chi connectivity index (χ1) is 8.09. The van der Waals surface area contributed by atoms with E-state index in [1.807, 2.05) is 11.9 Å². The van der Waals surface area contributed by atoms with Gasteiger partial charge in [0.1, 0.15) is 0 Å². The highest BCUT2D eigenvalue weighted by Gasteiger charge is 2.35. The molecule has 1 saturated carbocycles. The maximum atomic E-state index is 12.0. The summed E-state index contributed by atoms with van der Waals surface area (Å²) in [5.74, 6) is 0.812. The van der Waals surface area contributed by atoms with Crippen molar-refractivity contribution in [3.05, 3.63) is 0 Å². The maximum Gasteiger partial charge on any atom is 0.224 e. The average molecular weight is 240 g/mol. The number of nitrogens with zero attached hydrogens (tertiary/aromatic N) is 1. The summed E-state index contributed by atoms with van der Waals surface area (Å²) in [7, 11) is 1.90. The standard InChI is InChI=1S/C13H24N2O2/c1-15(10-11-3-7-17-8-4-11)12(16)9-13(14)5-2-6-13/h11H,2-10,14H2,1H3. The Bertz CT molecular complexity index is 271. The van der Waals surface area contributed by atoms with Gasteiger partial charge in [-0.2, -0.15) is 0 Å². The van der Waals surface area contributed by atoms with Gasteiger partial charge < -0.3 is 15.4 Å². The molecule has 1 aliphatic heterocycles. The molecule has 1 amide bonds. The first-order valence-corrected chi connectivity index (χ1v) is 6.70. The zero-order chi connectivity index (χ0) is 12.3. The number of carbonyl (C=O) groups is 1. The molecule has 1 aliphatic carbocycles. The van der Waals surface area contributed by atoms with E-state index in [9.17, 15) is 4.79 Å². The van der Waals surface area contributed by atoms with Crippen molar-refractivity contribution >= 4 is 5.91 Å². The lowest BCUT2D eigenvalue weighted by molar-refractivity contribution is -0.133. The summed E-state index contributed by atoms with van der Waals surface area (Å²) in [6.07, 6.45) is 5.85. The topological polar surface area (TPSA) is 55.6 Å². The Balaban J connectivity index is 1.74. The van der Waals surface area contributed by atoms with Crippen LogP contribution in [0.2, 0.25) is 0 Å². The van der Waals surface area contributed by atoms with E-state index in [1.54, 1.807) is 0 Å². The molecule has 0 aromatic carbocycles. The van der Waals surface area contributed by atoms with Gasteiger partial charge >= 0.3 is 0 Å². The van der Waals surface area contributed by atoms with Gasteiger partial charge in [0.25, 0.3) is 0 Å². The highest BCUT2D eigenvalue weighted by molar-refractivity contribution is 5.77. The van der Waals surface area contributed by atoms with E-state index in [2.05, 4.69) is 0 Å². The summed E-state index contributed by atoms with van der Waals surface area (Å²) in [4.78, 5) is 13.9. The van der Waals surface area contributed by atoms with Crippen LogP contribution < -0.4 is 5.73 Å². The van der Waals surface area contributed by atoms with E-state index in [-0.39, 0.29) is 11.4 Å². The zero-order valence-electron chi connectivity index (χ0n) is 10.8. The lowest BCUT2D eigenvalue weighted by Crippen LogP contribution is -2.50. The lowest BCUT2D eigenvalue weighted by atomic mass is 9.75. The Morgan fingerprint density at radius 1 is 1.41 bits per heavy atom. The van der Waals surface area contributed by atoms with Gasteiger partial charge in [0, 0.05) is 38.8 Å². The molecule has 0 unspecified atom stereocenters. The monoisotopic (exact) mass is 240 g/mol. The van der Waals surface area contributed by atoms with Gasteiger partial charge in [-0.1, -0.05) is 0 Å². The quantitative estimate of drug-likeness (QED) is 0.802. The molecule has 0 aromatic heterocycles.